The fourth-order valence-corrected chi connectivity index (χ4v) is 2.31. The smallest absolute Gasteiger partial charge is 0.306 e. The molecule has 1 heterocycles. The van der Waals surface area contributed by atoms with Gasteiger partial charge in [0.2, 0.25) is 5.91 Å². The number of carboxylic acids is 1. The van der Waals surface area contributed by atoms with Gasteiger partial charge in [-0.2, -0.15) is 0 Å². The molecule has 1 aromatic rings. The monoisotopic (exact) mass is 241 g/mol. The Labute approximate surface area is 95.8 Å². The summed E-state index contributed by atoms with van der Waals surface area (Å²) in [6.07, 6.45) is 3.11. The molecule has 1 aliphatic rings. The number of carboxylic acid groups (broad SMARTS) is 1. The van der Waals surface area contributed by atoms with Crippen molar-refractivity contribution in [2.45, 2.75) is 19.3 Å². The number of rotatable bonds is 3. The minimum absolute atomic E-state index is 0.130. The second-order valence-corrected chi connectivity index (χ2v) is 4.60. The maximum atomic E-state index is 11.7. The zero-order chi connectivity index (χ0) is 11.5. The summed E-state index contributed by atoms with van der Waals surface area (Å²) in [6.45, 7) is 0. The summed E-state index contributed by atoms with van der Waals surface area (Å²) in [4.78, 5) is 22.5. The second kappa shape index (κ2) is 4.56. The van der Waals surface area contributed by atoms with E-state index in [1.54, 1.807) is 0 Å². The molecule has 0 aliphatic heterocycles. The summed E-state index contributed by atoms with van der Waals surface area (Å²) in [5, 5.41) is 15.7. The highest BCUT2D eigenvalue weighted by molar-refractivity contribution is 7.10. The lowest BCUT2D eigenvalue weighted by Crippen LogP contribution is -2.21. The van der Waals surface area contributed by atoms with Gasteiger partial charge in [0.1, 0.15) is 5.00 Å². The van der Waals surface area contributed by atoms with Crippen molar-refractivity contribution in [2.24, 2.45) is 11.8 Å². The van der Waals surface area contributed by atoms with Gasteiger partial charge in [-0.15, -0.1) is 5.10 Å². The number of carbonyl (C=O) groups is 2. The number of hydrogen-bond donors (Lipinski definition) is 2. The predicted octanol–water partition coefficient (Wildman–Crippen LogP) is 0.978. The van der Waals surface area contributed by atoms with Crippen LogP contribution in [-0.4, -0.2) is 26.6 Å². The number of carbonyl (C=O) groups excluding carboxylic acids is 1. The zero-order valence-corrected chi connectivity index (χ0v) is 9.24. The first-order chi connectivity index (χ1) is 7.66. The Morgan fingerprint density at radius 2 is 2.19 bits per heavy atom. The van der Waals surface area contributed by atoms with Gasteiger partial charge in [0.15, 0.2) is 0 Å². The maximum absolute atomic E-state index is 11.7. The van der Waals surface area contributed by atoms with E-state index >= 15 is 0 Å². The normalized spacial score (nSPS) is 24.2. The van der Waals surface area contributed by atoms with Gasteiger partial charge in [-0.05, 0) is 19.3 Å². The minimum atomic E-state index is -0.810. The molecule has 0 radical (unpaired) electrons. The molecule has 0 aromatic carbocycles. The molecule has 0 bridgehead atoms. The number of nitrogens with one attached hydrogen (secondary N) is 1. The summed E-state index contributed by atoms with van der Waals surface area (Å²) < 4.78 is 3.63. The van der Waals surface area contributed by atoms with Crippen LogP contribution in [0.25, 0.3) is 0 Å². The number of hydrogen-bond acceptors (Lipinski definition) is 5. The van der Waals surface area contributed by atoms with E-state index in [9.17, 15) is 9.59 Å². The van der Waals surface area contributed by atoms with Crippen LogP contribution >= 0.6 is 11.5 Å². The number of aliphatic carboxylic acids is 1. The molecule has 1 amide bonds. The molecule has 16 heavy (non-hydrogen) atoms. The van der Waals surface area contributed by atoms with Crippen LogP contribution in [0.4, 0.5) is 5.00 Å². The van der Waals surface area contributed by atoms with E-state index in [1.807, 2.05) is 0 Å². The van der Waals surface area contributed by atoms with Gasteiger partial charge in [-0.1, -0.05) is 4.49 Å². The minimum Gasteiger partial charge on any atom is -0.481 e. The fourth-order valence-electron chi connectivity index (χ4n) is 1.89. The molecule has 1 fully saturated rings. The molecule has 0 saturated heterocycles. The molecule has 2 N–H and O–H groups in total. The lowest BCUT2D eigenvalue weighted by molar-refractivity contribution is -0.141. The van der Waals surface area contributed by atoms with Crippen molar-refractivity contribution in [2.75, 3.05) is 5.32 Å². The van der Waals surface area contributed by atoms with E-state index in [0.717, 1.165) is 11.5 Å². The van der Waals surface area contributed by atoms with Crippen LogP contribution in [0, 0.1) is 11.8 Å². The topological polar surface area (TPSA) is 92.2 Å². The van der Waals surface area contributed by atoms with Crippen molar-refractivity contribution in [3.8, 4) is 0 Å². The van der Waals surface area contributed by atoms with Crippen LogP contribution in [0.3, 0.4) is 0 Å². The summed E-state index contributed by atoms with van der Waals surface area (Å²) in [5.74, 6) is -1.52. The first-order valence-corrected chi connectivity index (χ1v) is 5.75. The first kappa shape index (κ1) is 11.0. The molecule has 86 valence electrons. The highest BCUT2D eigenvalue weighted by Gasteiger charge is 2.33. The molecular weight excluding hydrogens is 230 g/mol. The van der Waals surface area contributed by atoms with Crippen molar-refractivity contribution in [1.29, 1.82) is 0 Å². The van der Waals surface area contributed by atoms with Crippen molar-refractivity contribution < 1.29 is 14.7 Å². The van der Waals surface area contributed by atoms with E-state index in [2.05, 4.69) is 14.9 Å². The van der Waals surface area contributed by atoms with Crippen LogP contribution < -0.4 is 5.32 Å². The molecule has 1 aromatic heterocycles. The quantitative estimate of drug-likeness (QED) is 0.822. The van der Waals surface area contributed by atoms with E-state index in [-0.39, 0.29) is 17.7 Å². The number of aromatic nitrogens is 2. The Kier molecular flexibility index (Phi) is 3.14. The zero-order valence-electron chi connectivity index (χ0n) is 8.42. The molecule has 1 saturated carbocycles. The highest BCUT2D eigenvalue weighted by atomic mass is 32.1. The largest absolute Gasteiger partial charge is 0.481 e. The third-order valence-corrected chi connectivity index (χ3v) is 3.34. The average Bonchev–Trinajstić information content (AvgIpc) is 2.86. The first-order valence-electron chi connectivity index (χ1n) is 4.98. The van der Waals surface area contributed by atoms with Crippen molar-refractivity contribution in [3.63, 3.8) is 0 Å². The summed E-state index contributed by atoms with van der Waals surface area (Å²) in [6, 6.07) is 0. The van der Waals surface area contributed by atoms with Crippen LogP contribution in [0.2, 0.25) is 0 Å². The van der Waals surface area contributed by atoms with E-state index in [4.69, 9.17) is 5.11 Å². The van der Waals surface area contributed by atoms with Gasteiger partial charge in [-0.3, -0.25) is 9.59 Å². The van der Waals surface area contributed by atoms with Gasteiger partial charge >= 0.3 is 5.97 Å². The van der Waals surface area contributed by atoms with Crippen molar-refractivity contribution >= 4 is 28.4 Å². The fraction of sp³-hybridized carbons (Fsp3) is 0.556. The molecule has 2 atom stereocenters. The Balaban J connectivity index is 1.90. The Bertz CT molecular complexity index is 393. The van der Waals surface area contributed by atoms with Crippen LogP contribution in [-0.2, 0) is 9.59 Å². The van der Waals surface area contributed by atoms with Crippen molar-refractivity contribution in [3.05, 3.63) is 6.20 Å². The molecule has 0 spiro atoms. The van der Waals surface area contributed by atoms with Gasteiger partial charge in [0.05, 0.1) is 12.1 Å². The Morgan fingerprint density at radius 1 is 1.44 bits per heavy atom. The molecular formula is C9H11N3O3S. The van der Waals surface area contributed by atoms with E-state index in [0.29, 0.717) is 24.3 Å². The molecule has 1 aliphatic carbocycles. The van der Waals surface area contributed by atoms with Gasteiger partial charge in [-0.25, -0.2) is 0 Å². The highest BCUT2D eigenvalue weighted by Crippen LogP contribution is 2.32. The second-order valence-electron chi connectivity index (χ2n) is 3.82. The van der Waals surface area contributed by atoms with Gasteiger partial charge in [0, 0.05) is 17.5 Å². The lowest BCUT2D eigenvalue weighted by atomic mass is 10.0. The third-order valence-electron chi connectivity index (χ3n) is 2.76. The number of amides is 1. The summed E-state index contributed by atoms with van der Waals surface area (Å²) in [5.41, 5.74) is 0. The van der Waals surface area contributed by atoms with Gasteiger partial charge in [0.25, 0.3) is 0 Å². The summed E-state index contributed by atoms with van der Waals surface area (Å²) >= 11 is 1.11. The van der Waals surface area contributed by atoms with Crippen LogP contribution in [0.1, 0.15) is 19.3 Å². The Hall–Kier alpha value is -1.50. The van der Waals surface area contributed by atoms with Crippen LogP contribution in [0.15, 0.2) is 6.20 Å². The lowest BCUT2D eigenvalue weighted by Gasteiger charge is -2.08. The number of anilines is 1. The molecule has 7 heteroatoms. The SMILES string of the molecule is O=C(O)C1CCC(C(=O)Nc2cnns2)C1. The van der Waals surface area contributed by atoms with E-state index in [1.165, 1.54) is 6.20 Å². The molecule has 2 unspecified atom stereocenters. The Morgan fingerprint density at radius 3 is 2.75 bits per heavy atom. The van der Waals surface area contributed by atoms with Gasteiger partial charge < -0.3 is 10.4 Å². The number of nitrogens with zero attached hydrogens (tertiary/aromatic N) is 2. The molecule has 2 rings (SSSR count). The summed E-state index contributed by atoms with van der Waals surface area (Å²) in [7, 11) is 0. The predicted molar refractivity (Wildman–Crippen MR) is 57.0 cm³/mol. The van der Waals surface area contributed by atoms with Crippen molar-refractivity contribution in [1.82, 2.24) is 9.59 Å². The van der Waals surface area contributed by atoms with Crippen LogP contribution in [0.5, 0.6) is 0 Å². The van der Waals surface area contributed by atoms with E-state index < -0.39 is 5.97 Å². The maximum Gasteiger partial charge on any atom is 0.306 e. The molecule has 6 nitrogen and oxygen atoms in total. The standard InChI is InChI=1S/C9H11N3O3S/c13-8(11-7-4-10-12-16-7)5-1-2-6(3-5)9(14)15/h4-6H,1-3H2,(H,11,13)(H,14,15). The average molecular weight is 241 g/mol. The third kappa shape index (κ3) is 2.35.